The summed E-state index contributed by atoms with van der Waals surface area (Å²) in [6.45, 7) is 0. The van der Waals surface area contributed by atoms with E-state index in [2.05, 4.69) is 11.4 Å². The minimum atomic E-state index is 0.916. The molecule has 0 saturated heterocycles. The molecule has 2 aliphatic heterocycles. The topological polar surface area (TPSA) is 21.3 Å². The van der Waals surface area contributed by atoms with Gasteiger partial charge in [-0.05, 0) is 12.1 Å². The van der Waals surface area contributed by atoms with Crippen molar-refractivity contribution in [3.63, 3.8) is 0 Å². The molecule has 0 bridgehead atoms. The van der Waals surface area contributed by atoms with E-state index in [-0.39, 0.29) is 0 Å². The van der Waals surface area contributed by atoms with E-state index in [1.165, 1.54) is 5.57 Å². The Bertz CT molecular complexity index is 469. The molecule has 0 atom stereocenters. The van der Waals surface area contributed by atoms with E-state index in [1.54, 1.807) is 6.26 Å². The Morgan fingerprint density at radius 3 is 3.07 bits per heavy atom. The Kier molecular flexibility index (Phi) is 1.47. The van der Waals surface area contributed by atoms with Crippen LogP contribution in [0.5, 0.6) is 5.75 Å². The van der Waals surface area contributed by atoms with E-state index >= 15 is 0 Å². The van der Waals surface area contributed by atoms with Crippen molar-refractivity contribution in [2.75, 3.05) is 0 Å². The maximum atomic E-state index is 5.51. The predicted molar refractivity (Wildman–Crippen MR) is 55.4 cm³/mol. The predicted octanol–water partition coefficient (Wildman–Crippen LogP) is 2.42. The molecular weight excluding hydrogens is 174 g/mol. The molecule has 1 N–H and O–H groups in total. The lowest BCUT2D eigenvalue weighted by atomic mass is 9.96. The van der Waals surface area contributed by atoms with Crippen LogP contribution < -0.4 is 10.1 Å². The molecule has 1 aromatic carbocycles. The van der Waals surface area contributed by atoms with Crippen LogP contribution in [0.3, 0.4) is 0 Å². The van der Waals surface area contributed by atoms with Crippen molar-refractivity contribution in [3.8, 4) is 5.75 Å². The number of para-hydroxylation sites is 1. The van der Waals surface area contributed by atoms with Crippen molar-refractivity contribution in [1.82, 2.24) is 5.32 Å². The van der Waals surface area contributed by atoms with Crippen LogP contribution in [0, 0.1) is 0 Å². The zero-order chi connectivity index (χ0) is 9.38. The molecule has 3 rings (SSSR count). The average Bonchev–Trinajstić information content (AvgIpc) is 2.29. The van der Waals surface area contributed by atoms with Gasteiger partial charge in [0.15, 0.2) is 0 Å². The number of fused-ring (bicyclic) bond motifs is 3. The molecule has 0 fully saturated rings. The number of allylic oxidation sites excluding steroid dienone is 3. The van der Waals surface area contributed by atoms with Gasteiger partial charge in [-0.25, -0.2) is 0 Å². The Morgan fingerprint density at radius 2 is 2.07 bits per heavy atom. The molecule has 0 saturated carbocycles. The van der Waals surface area contributed by atoms with Crippen LogP contribution in [-0.4, -0.2) is 0 Å². The van der Waals surface area contributed by atoms with Gasteiger partial charge in [0.1, 0.15) is 5.75 Å². The number of ether oxygens (including phenoxy) is 1. The van der Waals surface area contributed by atoms with Crippen molar-refractivity contribution in [3.05, 3.63) is 60.1 Å². The van der Waals surface area contributed by atoms with Crippen molar-refractivity contribution in [2.24, 2.45) is 0 Å². The third-order valence-corrected chi connectivity index (χ3v) is 2.39. The van der Waals surface area contributed by atoms with Crippen LogP contribution in [0.25, 0.3) is 5.57 Å². The average molecular weight is 183 g/mol. The van der Waals surface area contributed by atoms with Crippen LogP contribution in [0.1, 0.15) is 5.56 Å². The molecule has 68 valence electrons. The number of benzene rings is 1. The highest BCUT2D eigenvalue weighted by atomic mass is 16.5. The quantitative estimate of drug-likeness (QED) is 0.667. The van der Waals surface area contributed by atoms with E-state index < -0.39 is 0 Å². The summed E-state index contributed by atoms with van der Waals surface area (Å²) in [6, 6.07) is 8.03. The first-order valence-electron chi connectivity index (χ1n) is 4.54. The lowest BCUT2D eigenvalue weighted by Gasteiger charge is -2.20. The van der Waals surface area contributed by atoms with Crippen LogP contribution in [-0.2, 0) is 0 Å². The van der Waals surface area contributed by atoms with E-state index in [0.717, 1.165) is 16.9 Å². The molecule has 14 heavy (non-hydrogen) atoms. The fourth-order valence-electron chi connectivity index (χ4n) is 1.70. The van der Waals surface area contributed by atoms with Gasteiger partial charge >= 0.3 is 0 Å². The van der Waals surface area contributed by atoms with Crippen molar-refractivity contribution < 1.29 is 4.74 Å². The zero-order valence-electron chi connectivity index (χ0n) is 7.53. The Balaban J connectivity index is 2.20. The smallest absolute Gasteiger partial charge is 0.134 e. The van der Waals surface area contributed by atoms with Gasteiger partial charge in [-0.1, -0.05) is 18.2 Å². The highest BCUT2D eigenvalue weighted by Gasteiger charge is 2.17. The summed E-state index contributed by atoms with van der Waals surface area (Å²) in [5.74, 6) is 0.916. The second-order valence-electron chi connectivity index (χ2n) is 3.25. The summed E-state index contributed by atoms with van der Waals surface area (Å²) in [5, 5.41) is 3.09. The summed E-state index contributed by atoms with van der Waals surface area (Å²) in [5.41, 5.74) is 3.44. The maximum absolute atomic E-state index is 5.51. The SMILES string of the molecule is C1=CC2=COc3ccccc3C2=CN1. The van der Waals surface area contributed by atoms with Gasteiger partial charge < -0.3 is 10.1 Å². The van der Waals surface area contributed by atoms with Crippen LogP contribution in [0.2, 0.25) is 0 Å². The maximum Gasteiger partial charge on any atom is 0.134 e. The van der Waals surface area contributed by atoms with E-state index in [4.69, 9.17) is 4.74 Å². The van der Waals surface area contributed by atoms with Crippen molar-refractivity contribution in [1.29, 1.82) is 0 Å². The first-order valence-corrected chi connectivity index (χ1v) is 4.54. The molecule has 0 aliphatic carbocycles. The summed E-state index contributed by atoms with van der Waals surface area (Å²) >= 11 is 0. The number of rotatable bonds is 0. The number of nitrogens with one attached hydrogen (secondary N) is 1. The minimum Gasteiger partial charge on any atom is -0.464 e. The summed E-state index contributed by atoms with van der Waals surface area (Å²) in [7, 11) is 0. The summed E-state index contributed by atoms with van der Waals surface area (Å²) < 4.78 is 5.51. The molecule has 2 aliphatic rings. The first kappa shape index (κ1) is 7.44. The molecule has 2 heteroatoms. The first-order chi connectivity index (χ1) is 6.95. The zero-order valence-corrected chi connectivity index (χ0v) is 7.53. The standard InChI is InChI=1S/C12H9NO/c1-2-4-12-10(3-1)11-7-13-6-5-9(11)8-14-12/h1-8,13H. The molecule has 0 spiro atoms. The largest absolute Gasteiger partial charge is 0.464 e. The van der Waals surface area contributed by atoms with Crippen LogP contribution in [0.4, 0.5) is 0 Å². The third kappa shape index (κ3) is 0.973. The van der Waals surface area contributed by atoms with E-state index in [1.807, 2.05) is 36.7 Å². The number of hydrogen-bond acceptors (Lipinski definition) is 2. The fraction of sp³-hybridized carbons (Fsp3) is 0. The number of hydrogen-bond donors (Lipinski definition) is 1. The molecule has 2 heterocycles. The van der Waals surface area contributed by atoms with Crippen molar-refractivity contribution in [2.45, 2.75) is 0 Å². The molecular formula is C12H9NO. The monoisotopic (exact) mass is 183 g/mol. The lowest BCUT2D eigenvalue weighted by Crippen LogP contribution is -2.08. The Morgan fingerprint density at radius 1 is 1.14 bits per heavy atom. The van der Waals surface area contributed by atoms with Crippen LogP contribution >= 0.6 is 0 Å². The lowest BCUT2D eigenvalue weighted by molar-refractivity contribution is 0.472. The van der Waals surface area contributed by atoms with Gasteiger partial charge in [0, 0.05) is 29.1 Å². The van der Waals surface area contributed by atoms with Gasteiger partial charge in [0.05, 0.1) is 6.26 Å². The summed E-state index contributed by atoms with van der Waals surface area (Å²) in [6.07, 6.45) is 7.68. The normalized spacial score (nSPS) is 16.9. The van der Waals surface area contributed by atoms with Gasteiger partial charge in [-0.15, -0.1) is 0 Å². The molecule has 0 radical (unpaired) electrons. The molecule has 2 nitrogen and oxygen atoms in total. The Labute approximate surface area is 82.2 Å². The van der Waals surface area contributed by atoms with Gasteiger partial charge in [0.25, 0.3) is 0 Å². The highest BCUT2D eigenvalue weighted by Crippen LogP contribution is 2.36. The summed E-state index contributed by atoms with van der Waals surface area (Å²) in [4.78, 5) is 0. The van der Waals surface area contributed by atoms with Gasteiger partial charge in [0.2, 0.25) is 0 Å². The van der Waals surface area contributed by atoms with Crippen molar-refractivity contribution >= 4 is 5.57 Å². The molecule has 1 aromatic rings. The van der Waals surface area contributed by atoms with Gasteiger partial charge in [-0.2, -0.15) is 0 Å². The fourth-order valence-corrected chi connectivity index (χ4v) is 1.70. The van der Waals surface area contributed by atoms with Gasteiger partial charge in [-0.3, -0.25) is 0 Å². The third-order valence-electron chi connectivity index (χ3n) is 2.39. The Hall–Kier alpha value is -1.96. The second-order valence-corrected chi connectivity index (χ2v) is 3.25. The second kappa shape index (κ2) is 2.77. The van der Waals surface area contributed by atoms with Crippen LogP contribution in [0.15, 0.2) is 54.6 Å². The van der Waals surface area contributed by atoms with E-state index in [9.17, 15) is 0 Å². The minimum absolute atomic E-state index is 0.916. The molecule has 0 unspecified atom stereocenters. The number of dihydropyridines is 1. The molecule has 0 aromatic heterocycles. The molecule has 0 amide bonds. The highest BCUT2D eigenvalue weighted by molar-refractivity contribution is 5.86. The van der Waals surface area contributed by atoms with E-state index in [0.29, 0.717) is 0 Å².